The Labute approximate surface area is 406 Å². The number of allylic oxidation sites excluding steroid dienone is 18. The van der Waals surface area contributed by atoms with Crippen LogP contribution >= 0.6 is 0 Å². The lowest BCUT2D eigenvalue weighted by atomic mass is 10.1. The van der Waals surface area contributed by atoms with Gasteiger partial charge in [0.25, 0.3) is 0 Å². The highest BCUT2D eigenvalue weighted by molar-refractivity contribution is 5.71. The molecule has 0 rings (SSSR count). The lowest BCUT2D eigenvalue weighted by Crippen LogP contribution is -2.30. The number of unbranched alkanes of at least 4 members (excludes halogenated alkanes) is 18. The highest BCUT2D eigenvalue weighted by Crippen LogP contribution is 2.13. The van der Waals surface area contributed by atoms with Gasteiger partial charge in [-0.2, -0.15) is 0 Å². The smallest absolute Gasteiger partial charge is 0.306 e. The molecular formula is C60H98O6. The standard InChI is InChI=1S/C60H98O6/c1-4-7-10-13-15-17-19-21-23-25-26-27-28-29-30-31-32-33-34-35-37-38-40-42-44-47-50-53-59(62)65-56-57(55-64-58(61)52-49-46-12-9-6-3)66-60(63)54-51-48-45-43-41-39-36-24-22-20-18-16-14-11-8-5-2/h7,10,15,17-18,20-21,23-24,26-27,29-30,32-33,35-37,57H,4-6,8-9,11-14,16,19,22,25,28,31,34,38-56H2,1-3H3/b10-7-,17-15-,20-18-,23-21-,27-26-,30-29-,33-32-,36-24-,37-35-. The van der Waals surface area contributed by atoms with Crippen molar-refractivity contribution in [3.8, 4) is 0 Å². The van der Waals surface area contributed by atoms with Crippen LogP contribution in [0.3, 0.4) is 0 Å². The van der Waals surface area contributed by atoms with Gasteiger partial charge in [0.15, 0.2) is 6.10 Å². The van der Waals surface area contributed by atoms with Crippen LogP contribution in [-0.2, 0) is 28.6 Å². The normalized spacial score (nSPS) is 13.0. The molecule has 0 aliphatic carbocycles. The zero-order chi connectivity index (χ0) is 47.9. The SMILES string of the molecule is CC/C=C\C/C=C\C/C=C\C/C=C\C/C=C\C/C=C\C/C=C\CCCCCCCC(=O)OCC(COC(=O)CCCCCCC)OC(=O)CCCCCCC/C=C\C/C=C\CCCCCC. The highest BCUT2D eigenvalue weighted by Gasteiger charge is 2.19. The molecule has 0 N–H and O–H groups in total. The van der Waals surface area contributed by atoms with E-state index in [1.54, 1.807) is 0 Å². The Hall–Kier alpha value is -3.93. The Morgan fingerprint density at radius 3 is 0.939 bits per heavy atom. The van der Waals surface area contributed by atoms with Crippen molar-refractivity contribution in [2.24, 2.45) is 0 Å². The van der Waals surface area contributed by atoms with Gasteiger partial charge in [-0.05, 0) is 109 Å². The molecule has 0 aromatic heterocycles. The number of esters is 3. The molecule has 6 heteroatoms. The van der Waals surface area contributed by atoms with E-state index in [0.29, 0.717) is 19.3 Å². The van der Waals surface area contributed by atoms with Gasteiger partial charge in [-0.1, -0.05) is 214 Å². The van der Waals surface area contributed by atoms with Crippen molar-refractivity contribution >= 4 is 17.9 Å². The number of hydrogen-bond acceptors (Lipinski definition) is 6. The molecule has 0 aromatic carbocycles. The lowest BCUT2D eigenvalue weighted by molar-refractivity contribution is -0.167. The van der Waals surface area contributed by atoms with Crippen LogP contribution in [0.1, 0.15) is 233 Å². The summed E-state index contributed by atoms with van der Waals surface area (Å²) in [5, 5.41) is 0. The zero-order valence-electron chi connectivity index (χ0n) is 42.7. The Morgan fingerprint density at radius 2 is 0.591 bits per heavy atom. The molecule has 0 spiro atoms. The quantitative estimate of drug-likeness (QED) is 0.0262. The lowest BCUT2D eigenvalue weighted by Gasteiger charge is -2.18. The third kappa shape index (κ3) is 51.1. The molecule has 0 bridgehead atoms. The fraction of sp³-hybridized carbons (Fsp3) is 0.650. The Morgan fingerprint density at radius 1 is 0.318 bits per heavy atom. The molecule has 0 aliphatic heterocycles. The summed E-state index contributed by atoms with van der Waals surface area (Å²) in [6, 6.07) is 0. The molecule has 374 valence electrons. The van der Waals surface area contributed by atoms with Gasteiger partial charge in [0.05, 0.1) is 0 Å². The predicted octanol–water partition coefficient (Wildman–Crippen LogP) is 17.9. The van der Waals surface area contributed by atoms with Gasteiger partial charge in [0.1, 0.15) is 13.2 Å². The maximum absolute atomic E-state index is 12.7. The first-order valence-corrected chi connectivity index (χ1v) is 26.9. The van der Waals surface area contributed by atoms with Crippen molar-refractivity contribution in [2.75, 3.05) is 13.2 Å². The van der Waals surface area contributed by atoms with Crippen LogP contribution in [0, 0.1) is 0 Å². The number of carbonyl (C=O) groups is 3. The summed E-state index contributed by atoms with van der Waals surface area (Å²) in [6.07, 6.45) is 72.5. The highest BCUT2D eigenvalue weighted by atomic mass is 16.6. The van der Waals surface area contributed by atoms with Crippen LogP contribution in [0.4, 0.5) is 0 Å². The third-order valence-corrected chi connectivity index (χ3v) is 11.0. The van der Waals surface area contributed by atoms with Gasteiger partial charge in [0.2, 0.25) is 0 Å². The first kappa shape index (κ1) is 62.1. The summed E-state index contributed by atoms with van der Waals surface area (Å²) in [6.45, 7) is 6.38. The average molecular weight is 915 g/mol. The summed E-state index contributed by atoms with van der Waals surface area (Å²) < 4.78 is 16.7. The van der Waals surface area contributed by atoms with Crippen molar-refractivity contribution in [1.82, 2.24) is 0 Å². The van der Waals surface area contributed by atoms with Gasteiger partial charge >= 0.3 is 17.9 Å². The summed E-state index contributed by atoms with van der Waals surface area (Å²) >= 11 is 0. The summed E-state index contributed by atoms with van der Waals surface area (Å²) in [5.74, 6) is -0.945. The predicted molar refractivity (Wildman–Crippen MR) is 283 cm³/mol. The Balaban J connectivity index is 4.21. The van der Waals surface area contributed by atoms with Crippen LogP contribution in [0.25, 0.3) is 0 Å². The maximum atomic E-state index is 12.7. The van der Waals surface area contributed by atoms with Crippen LogP contribution < -0.4 is 0 Å². The second kappa shape index (κ2) is 53.7. The van der Waals surface area contributed by atoms with Crippen LogP contribution in [0.5, 0.6) is 0 Å². The van der Waals surface area contributed by atoms with E-state index >= 15 is 0 Å². The van der Waals surface area contributed by atoms with E-state index in [-0.39, 0.29) is 31.1 Å². The minimum Gasteiger partial charge on any atom is -0.462 e. The molecular weight excluding hydrogens is 817 g/mol. The molecule has 0 heterocycles. The van der Waals surface area contributed by atoms with Gasteiger partial charge < -0.3 is 14.2 Å². The molecule has 1 unspecified atom stereocenters. The number of carbonyl (C=O) groups excluding carboxylic acids is 3. The topological polar surface area (TPSA) is 78.9 Å². The molecule has 0 saturated carbocycles. The molecule has 1 atom stereocenters. The van der Waals surface area contributed by atoms with Crippen LogP contribution in [0.2, 0.25) is 0 Å². The zero-order valence-corrected chi connectivity index (χ0v) is 42.7. The van der Waals surface area contributed by atoms with Gasteiger partial charge in [0, 0.05) is 19.3 Å². The minimum atomic E-state index is -0.791. The number of rotatable bonds is 47. The Bertz CT molecular complexity index is 1370. The van der Waals surface area contributed by atoms with E-state index in [2.05, 4.69) is 130 Å². The molecule has 0 amide bonds. The van der Waals surface area contributed by atoms with E-state index in [1.807, 2.05) is 0 Å². The van der Waals surface area contributed by atoms with Crippen molar-refractivity contribution < 1.29 is 28.6 Å². The van der Waals surface area contributed by atoms with Crippen molar-refractivity contribution in [1.29, 1.82) is 0 Å². The average Bonchev–Trinajstić information content (AvgIpc) is 3.31. The fourth-order valence-electron chi connectivity index (χ4n) is 6.98. The van der Waals surface area contributed by atoms with Crippen molar-refractivity contribution in [3.05, 3.63) is 109 Å². The molecule has 66 heavy (non-hydrogen) atoms. The molecule has 0 saturated heterocycles. The first-order valence-electron chi connectivity index (χ1n) is 26.9. The molecule has 0 fully saturated rings. The molecule has 0 radical (unpaired) electrons. The van der Waals surface area contributed by atoms with E-state index in [4.69, 9.17) is 14.2 Å². The van der Waals surface area contributed by atoms with Gasteiger partial charge in [-0.15, -0.1) is 0 Å². The second-order valence-electron chi connectivity index (χ2n) is 17.4. The molecule has 0 aromatic rings. The fourth-order valence-corrected chi connectivity index (χ4v) is 6.98. The largest absolute Gasteiger partial charge is 0.462 e. The summed E-state index contributed by atoms with van der Waals surface area (Å²) in [4.78, 5) is 37.7. The van der Waals surface area contributed by atoms with Crippen molar-refractivity contribution in [2.45, 2.75) is 239 Å². The third-order valence-electron chi connectivity index (χ3n) is 11.0. The number of hydrogen-bond donors (Lipinski definition) is 0. The van der Waals surface area contributed by atoms with Gasteiger partial charge in [-0.25, -0.2) is 0 Å². The van der Waals surface area contributed by atoms with E-state index in [1.165, 1.54) is 32.1 Å². The maximum Gasteiger partial charge on any atom is 0.306 e. The molecule has 0 aliphatic rings. The van der Waals surface area contributed by atoms with Crippen molar-refractivity contribution in [3.63, 3.8) is 0 Å². The van der Waals surface area contributed by atoms with Gasteiger partial charge in [-0.3, -0.25) is 14.4 Å². The summed E-state index contributed by atoms with van der Waals surface area (Å²) in [7, 11) is 0. The van der Waals surface area contributed by atoms with E-state index in [0.717, 1.165) is 161 Å². The minimum absolute atomic E-state index is 0.0923. The first-order chi connectivity index (χ1) is 32.5. The van der Waals surface area contributed by atoms with Crippen LogP contribution in [0.15, 0.2) is 109 Å². The summed E-state index contributed by atoms with van der Waals surface area (Å²) in [5.41, 5.74) is 0. The molecule has 6 nitrogen and oxygen atoms in total. The van der Waals surface area contributed by atoms with E-state index < -0.39 is 6.10 Å². The Kier molecular flexibility index (Phi) is 50.5. The monoisotopic (exact) mass is 915 g/mol. The van der Waals surface area contributed by atoms with Crippen LogP contribution in [-0.4, -0.2) is 37.2 Å². The van der Waals surface area contributed by atoms with E-state index in [9.17, 15) is 14.4 Å². The second-order valence-corrected chi connectivity index (χ2v) is 17.4. The number of ether oxygens (including phenoxy) is 3.